The highest BCUT2D eigenvalue weighted by molar-refractivity contribution is 7.80. The maximum absolute atomic E-state index is 11.8. The first-order valence-corrected chi connectivity index (χ1v) is 8.71. The number of hydrogen-bond acceptors (Lipinski definition) is 5. The number of carbonyl (C=O) groups excluding carboxylic acids is 2. The van der Waals surface area contributed by atoms with Crippen molar-refractivity contribution < 1.29 is 18.7 Å². The smallest absolute Gasteiger partial charge is 0.305 e. The summed E-state index contributed by atoms with van der Waals surface area (Å²) < 4.78 is 10.1. The zero-order valence-electron chi connectivity index (χ0n) is 14.5. The fourth-order valence-corrected chi connectivity index (χ4v) is 2.35. The van der Waals surface area contributed by atoms with Crippen LogP contribution in [0.2, 0.25) is 5.02 Å². The fraction of sp³-hybridized carbons (Fsp3) is 0.167. The molecular weight excluding hydrogens is 390 g/mol. The Morgan fingerprint density at radius 2 is 2.07 bits per heavy atom. The molecule has 0 bridgehead atoms. The second-order valence-electron chi connectivity index (χ2n) is 5.29. The lowest BCUT2D eigenvalue weighted by molar-refractivity contribution is -0.140. The molecule has 0 spiro atoms. The Morgan fingerprint density at radius 3 is 2.81 bits per heavy atom. The van der Waals surface area contributed by atoms with Crippen LogP contribution in [-0.4, -0.2) is 24.1 Å². The van der Waals surface area contributed by atoms with Gasteiger partial charge < -0.3 is 14.5 Å². The molecule has 0 saturated heterocycles. The van der Waals surface area contributed by atoms with Gasteiger partial charge in [-0.2, -0.15) is 0 Å². The zero-order valence-corrected chi connectivity index (χ0v) is 16.0. The number of carbonyl (C=O) groups is 2. The van der Waals surface area contributed by atoms with E-state index in [0.717, 1.165) is 0 Å². The van der Waals surface area contributed by atoms with Crippen molar-refractivity contribution in [1.82, 2.24) is 10.9 Å². The van der Waals surface area contributed by atoms with Gasteiger partial charge in [0.15, 0.2) is 5.11 Å². The number of ether oxygens (including phenoxy) is 1. The van der Waals surface area contributed by atoms with Crippen molar-refractivity contribution in [2.45, 2.75) is 12.8 Å². The van der Waals surface area contributed by atoms with Crippen molar-refractivity contribution >= 4 is 52.6 Å². The monoisotopic (exact) mass is 407 g/mol. The van der Waals surface area contributed by atoms with E-state index in [9.17, 15) is 9.59 Å². The van der Waals surface area contributed by atoms with Gasteiger partial charge in [0.25, 0.3) is 5.91 Å². The van der Waals surface area contributed by atoms with Gasteiger partial charge >= 0.3 is 5.97 Å². The first kappa shape index (κ1) is 20.5. The third-order valence-corrected chi connectivity index (χ3v) is 3.71. The Balaban J connectivity index is 1.75. The lowest BCUT2D eigenvalue weighted by Crippen LogP contribution is -2.43. The van der Waals surface area contributed by atoms with E-state index >= 15 is 0 Å². The Morgan fingerprint density at radius 1 is 1.26 bits per heavy atom. The Kier molecular flexibility index (Phi) is 7.84. The van der Waals surface area contributed by atoms with E-state index in [1.165, 1.54) is 19.3 Å². The first-order chi connectivity index (χ1) is 13.0. The summed E-state index contributed by atoms with van der Waals surface area (Å²) in [6.07, 6.45) is 3.45. The summed E-state index contributed by atoms with van der Waals surface area (Å²) in [7, 11) is 1.33. The average Bonchev–Trinajstić information content (AvgIpc) is 3.10. The van der Waals surface area contributed by atoms with Crippen molar-refractivity contribution in [3.05, 3.63) is 59.0 Å². The van der Waals surface area contributed by atoms with Gasteiger partial charge in [-0.3, -0.25) is 20.4 Å². The van der Waals surface area contributed by atoms with Crippen molar-refractivity contribution in [2.24, 2.45) is 0 Å². The lowest BCUT2D eigenvalue weighted by atomic mass is 10.2. The van der Waals surface area contributed by atoms with Crippen molar-refractivity contribution in [2.75, 3.05) is 12.4 Å². The largest absolute Gasteiger partial charge is 0.469 e. The number of nitrogens with one attached hydrogen (secondary N) is 3. The van der Waals surface area contributed by atoms with E-state index in [1.54, 1.807) is 36.4 Å². The molecule has 9 heteroatoms. The molecule has 1 aromatic carbocycles. The van der Waals surface area contributed by atoms with Gasteiger partial charge in [0.2, 0.25) is 0 Å². The normalized spacial score (nSPS) is 10.4. The van der Waals surface area contributed by atoms with Gasteiger partial charge in [-0.05, 0) is 48.6 Å². The van der Waals surface area contributed by atoms with Crippen LogP contribution >= 0.6 is 23.8 Å². The van der Waals surface area contributed by atoms with Gasteiger partial charge in [-0.15, -0.1) is 0 Å². The molecule has 0 fully saturated rings. The number of aryl methyl sites for hydroxylation is 1. The molecule has 1 aromatic heterocycles. The highest BCUT2D eigenvalue weighted by Gasteiger charge is 2.05. The van der Waals surface area contributed by atoms with Crippen LogP contribution in [0.4, 0.5) is 5.69 Å². The highest BCUT2D eigenvalue weighted by Crippen LogP contribution is 2.14. The van der Waals surface area contributed by atoms with Crippen LogP contribution < -0.4 is 16.2 Å². The molecule has 1 amide bonds. The van der Waals surface area contributed by atoms with Crippen molar-refractivity contribution in [3.8, 4) is 0 Å². The van der Waals surface area contributed by atoms with E-state index in [0.29, 0.717) is 28.7 Å². The minimum absolute atomic E-state index is 0.210. The van der Waals surface area contributed by atoms with Gasteiger partial charge in [0, 0.05) is 23.2 Å². The fourth-order valence-electron chi connectivity index (χ4n) is 1.99. The summed E-state index contributed by atoms with van der Waals surface area (Å²) in [6, 6.07) is 10.4. The summed E-state index contributed by atoms with van der Waals surface area (Å²) in [5, 5.41) is 3.66. The molecule has 0 unspecified atom stereocenters. The minimum atomic E-state index is -0.419. The number of thiocarbonyl (C=S) groups is 1. The summed E-state index contributed by atoms with van der Waals surface area (Å²) >= 11 is 11.0. The zero-order chi connectivity index (χ0) is 19.6. The SMILES string of the molecule is COC(=O)CCc1ccc(/C=C/C(=O)NNC(=S)Nc2cccc(Cl)c2)o1. The predicted octanol–water partition coefficient (Wildman–Crippen LogP) is 3.07. The molecule has 0 saturated carbocycles. The topological polar surface area (TPSA) is 92.6 Å². The third-order valence-electron chi connectivity index (χ3n) is 3.27. The Labute approximate surface area is 166 Å². The van der Waals surface area contributed by atoms with Crippen molar-refractivity contribution in [3.63, 3.8) is 0 Å². The molecule has 7 nitrogen and oxygen atoms in total. The molecule has 0 atom stereocenters. The van der Waals surface area contributed by atoms with Crippen LogP contribution in [0.5, 0.6) is 0 Å². The summed E-state index contributed by atoms with van der Waals surface area (Å²) in [6.45, 7) is 0. The molecule has 2 rings (SSSR count). The van der Waals surface area contributed by atoms with Crippen LogP contribution in [0.3, 0.4) is 0 Å². The summed E-state index contributed by atoms with van der Waals surface area (Å²) in [5.74, 6) is 0.393. The lowest BCUT2D eigenvalue weighted by Gasteiger charge is -2.10. The number of hydrogen-bond donors (Lipinski definition) is 3. The average molecular weight is 408 g/mol. The quantitative estimate of drug-likeness (QED) is 0.293. The van der Waals surface area contributed by atoms with Crippen LogP contribution in [0.25, 0.3) is 6.08 Å². The van der Waals surface area contributed by atoms with E-state index in [-0.39, 0.29) is 17.5 Å². The number of hydrazine groups is 1. The van der Waals surface area contributed by atoms with E-state index in [4.69, 9.17) is 28.2 Å². The number of benzene rings is 1. The molecule has 0 aliphatic rings. The van der Waals surface area contributed by atoms with E-state index in [2.05, 4.69) is 20.9 Å². The highest BCUT2D eigenvalue weighted by atomic mass is 35.5. The molecule has 0 aliphatic heterocycles. The Hall–Kier alpha value is -2.84. The number of methoxy groups -OCH3 is 1. The number of rotatable bonds is 6. The second kappa shape index (κ2) is 10.3. The summed E-state index contributed by atoms with van der Waals surface area (Å²) in [4.78, 5) is 22.9. The molecule has 0 aliphatic carbocycles. The number of halogens is 1. The van der Waals surface area contributed by atoms with Gasteiger partial charge in [-0.25, -0.2) is 0 Å². The number of anilines is 1. The summed E-state index contributed by atoms with van der Waals surface area (Å²) in [5.41, 5.74) is 5.70. The maximum atomic E-state index is 11.8. The first-order valence-electron chi connectivity index (χ1n) is 7.92. The number of furan rings is 1. The van der Waals surface area contributed by atoms with E-state index in [1.807, 2.05) is 0 Å². The molecule has 27 heavy (non-hydrogen) atoms. The second-order valence-corrected chi connectivity index (χ2v) is 6.14. The molecule has 3 N–H and O–H groups in total. The van der Waals surface area contributed by atoms with Crippen molar-refractivity contribution in [1.29, 1.82) is 0 Å². The third kappa shape index (κ3) is 7.51. The standard InChI is InChI=1S/C18H18ClN3O4S/c1-25-17(24)10-8-15-6-5-14(26-15)7-9-16(23)21-22-18(27)20-13-4-2-3-12(19)11-13/h2-7,9,11H,8,10H2,1H3,(H,21,23)(H2,20,22,27)/b9-7+. The van der Waals surface area contributed by atoms with Crippen LogP contribution in [0.1, 0.15) is 17.9 Å². The van der Waals surface area contributed by atoms with E-state index < -0.39 is 5.91 Å². The number of esters is 1. The van der Waals surface area contributed by atoms with Crippen LogP contribution in [0, 0.1) is 0 Å². The van der Waals surface area contributed by atoms with Gasteiger partial charge in [-0.1, -0.05) is 17.7 Å². The van der Waals surface area contributed by atoms with Gasteiger partial charge in [0.1, 0.15) is 11.5 Å². The predicted molar refractivity (Wildman–Crippen MR) is 107 cm³/mol. The molecular formula is C18H18ClN3O4S. The molecule has 2 aromatic rings. The Bertz CT molecular complexity index is 851. The molecule has 142 valence electrons. The maximum Gasteiger partial charge on any atom is 0.305 e. The number of amides is 1. The molecule has 0 radical (unpaired) electrons. The van der Waals surface area contributed by atoms with Crippen LogP contribution in [0.15, 0.2) is 46.9 Å². The van der Waals surface area contributed by atoms with Gasteiger partial charge in [0.05, 0.1) is 13.5 Å². The van der Waals surface area contributed by atoms with Crippen LogP contribution in [-0.2, 0) is 20.7 Å². The molecule has 1 heterocycles. The minimum Gasteiger partial charge on any atom is -0.469 e.